The lowest BCUT2D eigenvalue weighted by Gasteiger charge is -2.19. The Hall–Kier alpha value is -0.890. The van der Waals surface area contributed by atoms with Crippen molar-refractivity contribution in [3.05, 3.63) is 17.6 Å². The Morgan fingerprint density at radius 2 is 2.19 bits per heavy atom. The smallest absolute Gasteiger partial charge is 0.244 e. The minimum Gasteiger partial charge on any atom is -0.464 e. The first-order valence-electron chi connectivity index (χ1n) is 7.33. The molecule has 21 heavy (non-hydrogen) atoms. The highest BCUT2D eigenvalue weighted by Crippen LogP contribution is 2.25. The van der Waals surface area contributed by atoms with Gasteiger partial charge in [0.05, 0.1) is 12.6 Å². The predicted molar refractivity (Wildman–Crippen MR) is 79.6 cm³/mol. The lowest BCUT2D eigenvalue weighted by atomic mass is 10.2. The van der Waals surface area contributed by atoms with Crippen LogP contribution in [0, 0.1) is 6.92 Å². The highest BCUT2D eigenvalue weighted by atomic mass is 32.2. The molecule has 2 unspecified atom stereocenters. The van der Waals surface area contributed by atoms with Gasteiger partial charge in [0.1, 0.15) is 16.4 Å². The van der Waals surface area contributed by atoms with Crippen molar-refractivity contribution in [1.82, 2.24) is 10.0 Å². The number of hydrogen-bond acceptors (Lipinski definition) is 5. The van der Waals surface area contributed by atoms with Crippen LogP contribution in [0.15, 0.2) is 15.4 Å². The SMILES string of the molecule is CCNCc1cc(S(=O)(=O)NC2CCCC2OC)c(C)o1. The van der Waals surface area contributed by atoms with E-state index in [-0.39, 0.29) is 17.0 Å². The van der Waals surface area contributed by atoms with Gasteiger partial charge < -0.3 is 14.5 Å². The Kier molecular flexibility index (Phi) is 5.43. The molecule has 0 radical (unpaired) electrons. The summed E-state index contributed by atoms with van der Waals surface area (Å²) in [5.41, 5.74) is 0. The third-order valence-electron chi connectivity index (χ3n) is 3.82. The molecule has 2 rings (SSSR count). The van der Waals surface area contributed by atoms with Crippen LogP contribution in [0.3, 0.4) is 0 Å². The number of aryl methyl sites for hydroxylation is 1. The van der Waals surface area contributed by atoms with Crippen molar-refractivity contribution in [1.29, 1.82) is 0 Å². The summed E-state index contributed by atoms with van der Waals surface area (Å²) >= 11 is 0. The molecule has 0 bridgehead atoms. The standard InChI is InChI=1S/C14H24N2O4S/c1-4-15-9-11-8-14(10(2)20-11)21(17,18)16-12-6-5-7-13(12)19-3/h8,12-13,15-16H,4-7,9H2,1-3H3. The third kappa shape index (κ3) is 3.85. The summed E-state index contributed by atoms with van der Waals surface area (Å²) in [4.78, 5) is 0.220. The zero-order chi connectivity index (χ0) is 15.5. The van der Waals surface area contributed by atoms with E-state index in [0.717, 1.165) is 25.8 Å². The average Bonchev–Trinajstić information content (AvgIpc) is 3.02. The van der Waals surface area contributed by atoms with Crippen molar-refractivity contribution in [2.75, 3.05) is 13.7 Å². The van der Waals surface area contributed by atoms with Gasteiger partial charge in [0.25, 0.3) is 0 Å². The quantitative estimate of drug-likeness (QED) is 0.797. The molecule has 1 aromatic heterocycles. The van der Waals surface area contributed by atoms with Crippen molar-refractivity contribution < 1.29 is 17.6 Å². The first-order chi connectivity index (χ1) is 9.97. The van der Waals surface area contributed by atoms with Gasteiger partial charge in [0, 0.05) is 19.2 Å². The van der Waals surface area contributed by atoms with Crippen LogP contribution in [-0.4, -0.2) is 34.2 Å². The minimum atomic E-state index is -3.57. The van der Waals surface area contributed by atoms with E-state index in [4.69, 9.17) is 9.15 Å². The van der Waals surface area contributed by atoms with Gasteiger partial charge in [-0.15, -0.1) is 0 Å². The fourth-order valence-electron chi connectivity index (χ4n) is 2.73. The van der Waals surface area contributed by atoms with E-state index in [0.29, 0.717) is 18.1 Å². The molecule has 1 heterocycles. The van der Waals surface area contributed by atoms with E-state index in [1.807, 2.05) is 6.92 Å². The number of nitrogens with one attached hydrogen (secondary N) is 2. The first-order valence-corrected chi connectivity index (χ1v) is 8.81. The Bertz CT molecular complexity index is 568. The molecule has 0 aromatic carbocycles. The Morgan fingerprint density at radius 1 is 1.43 bits per heavy atom. The van der Waals surface area contributed by atoms with Crippen LogP contribution in [0.2, 0.25) is 0 Å². The number of sulfonamides is 1. The molecule has 0 spiro atoms. The van der Waals surface area contributed by atoms with Gasteiger partial charge in [-0.2, -0.15) is 0 Å². The highest BCUT2D eigenvalue weighted by molar-refractivity contribution is 7.89. The maximum Gasteiger partial charge on any atom is 0.244 e. The molecule has 7 heteroatoms. The highest BCUT2D eigenvalue weighted by Gasteiger charge is 2.32. The summed E-state index contributed by atoms with van der Waals surface area (Å²) in [5, 5.41) is 3.12. The molecule has 1 aliphatic carbocycles. The number of hydrogen-bond donors (Lipinski definition) is 2. The number of furan rings is 1. The molecule has 0 amide bonds. The second-order valence-corrected chi connectivity index (χ2v) is 7.03. The molecule has 1 saturated carbocycles. The zero-order valence-electron chi connectivity index (χ0n) is 12.8. The number of ether oxygens (including phenoxy) is 1. The average molecular weight is 316 g/mol. The monoisotopic (exact) mass is 316 g/mol. The fourth-order valence-corrected chi connectivity index (χ4v) is 4.23. The summed E-state index contributed by atoms with van der Waals surface area (Å²) in [6.07, 6.45) is 2.62. The Morgan fingerprint density at radius 3 is 2.86 bits per heavy atom. The van der Waals surface area contributed by atoms with Crippen molar-refractivity contribution in [2.45, 2.75) is 56.7 Å². The molecule has 1 aromatic rings. The van der Waals surface area contributed by atoms with E-state index >= 15 is 0 Å². The van der Waals surface area contributed by atoms with Crippen LogP contribution in [0.4, 0.5) is 0 Å². The second-order valence-electron chi connectivity index (χ2n) is 5.35. The van der Waals surface area contributed by atoms with Crippen LogP contribution in [0.25, 0.3) is 0 Å². The predicted octanol–water partition coefficient (Wildman–Crippen LogP) is 1.54. The largest absolute Gasteiger partial charge is 0.464 e. The molecular weight excluding hydrogens is 292 g/mol. The fraction of sp³-hybridized carbons (Fsp3) is 0.714. The van der Waals surface area contributed by atoms with Gasteiger partial charge in [-0.05, 0) is 32.7 Å². The van der Waals surface area contributed by atoms with E-state index in [9.17, 15) is 8.42 Å². The second kappa shape index (κ2) is 6.91. The first kappa shape index (κ1) is 16.5. The maximum atomic E-state index is 12.5. The summed E-state index contributed by atoms with van der Waals surface area (Å²) in [5.74, 6) is 1.05. The molecule has 0 aliphatic heterocycles. The number of rotatable bonds is 7. The third-order valence-corrected chi connectivity index (χ3v) is 5.42. The topological polar surface area (TPSA) is 80.6 Å². The molecule has 1 fully saturated rings. The molecule has 2 N–H and O–H groups in total. The van der Waals surface area contributed by atoms with Crippen LogP contribution >= 0.6 is 0 Å². The summed E-state index contributed by atoms with van der Waals surface area (Å²) in [6, 6.07) is 1.43. The molecule has 0 saturated heterocycles. The van der Waals surface area contributed by atoms with E-state index in [1.165, 1.54) is 0 Å². The molecule has 6 nitrogen and oxygen atoms in total. The van der Waals surface area contributed by atoms with Crippen molar-refractivity contribution in [2.24, 2.45) is 0 Å². The zero-order valence-corrected chi connectivity index (χ0v) is 13.6. The van der Waals surface area contributed by atoms with Gasteiger partial charge in [0.2, 0.25) is 10.0 Å². The molecule has 2 atom stereocenters. The van der Waals surface area contributed by atoms with Gasteiger partial charge in [-0.25, -0.2) is 13.1 Å². The Balaban J connectivity index is 2.13. The van der Waals surface area contributed by atoms with Gasteiger partial charge in [-0.3, -0.25) is 0 Å². The normalized spacial score (nSPS) is 22.8. The van der Waals surface area contributed by atoms with Gasteiger partial charge in [0.15, 0.2) is 0 Å². The molecular formula is C14H24N2O4S. The summed E-state index contributed by atoms with van der Waals surface area (Å²) < 4.78 is 38.6. The van der Waals surface area contributed by atoms with Crippen LogP contribution in [0.5, 0.6) is 0 Å². The van der Waals surface area contributed by atoms with E-state index in [2.05, 4.69) is 10.0 Å². The molecule has 1 aliphatic rings. The van der Waals surface area contributed by atoms with E-state index in [1.54, 1.807) is 20.1 Å². The van der Waals surface area contributed by atoms with Crippen LogP contribution in [-0.2, 0) is 21.3 Å². The van der Waals surface area contributed by atoms with Crippen molar-refractivity contribution >= 4 is 10.0 Å². The lowest BCUT2D eigenvalue weighted by Crippen LogP contribution is -2.40. The van der Waals surface area contributed by atoms with Gasteiger partial charge >= 0.3 is 0 Å². The van der Waals surface area contributed by atoms with Gasteiger partial charge in [-0.1, -0.05) is 6.92 Å². The van der Waals surface area contributed by atoms with Crippen molar-refractivity contribution in [3.8, 4) is 0 Å². The minimum absolute atomic E-state index is 0.0480. The van der Waals surface area contributed by atoms with Crippen molar-refractivity contribution in [3.63, 3.8) is 0 Å². The number of methoxy groups -OCH3 is 1. The van der Waals surface area contributed by atoms with E-state index < -0.39 is 10.0 Å². The maximum absolute atomic E-state index is 12.5. The van der Waals surface area contributed by atoms with Crippen LogP contribution < -0.4 is 10.0 Å². The summed E-state index contributed by atoms with van der Waals surface area (Å²) in [7, 11) is -1.95. The molecule has 120 valence electrons. The van der Waals surface area contributed by atoms with Crippen LogP contribution in [0.1, 0.15) is 37.7 Å². The summed E-state index contributed by atoms with van der Waals surface area (Å²) in [6.45, 7) is 4.99. The lowest BCUT2D eigenvalue weighted by molar-refractivity contribution is 0.0916. The Labute approximate surface area is 126 Å².